The molecule has 2 aromatic rings. The molecule has 0 aliphatic carbocycles. The van der Waals surface area contributed by atoms with Crippen molar-refractivity contribution in [3.8, 4) is 0 Å². The molecule has 0 unspecified atom stereocenters. The first kappa shape index (κ1) is 21.1. The van der Waals surface area contributed by atoms with Crippen molar-refractivity contribution >= 4 is 38.9 Å². The predicted octanol–water partition coefficient (Wildman–Crippen LogP) is 3.86. The molecule has 8 heteroatoms. The van der Waals surface area contributed by atoms with Gasteiger partial charge >= 0.3 is 0 Å². The molecule has 0 radical (unpaired) electrons. The second-order valence-corrected chi connectivity index (χ2v) is 9.36. The molecule has 27 heavy (non-hydrogen) atoms. The van der Waals surface area contributed by atoms with Gasteiger partial charge in [0.15, 0.2) is 0 Å². The topological polar surface area (TPSA) is 87.3 Å². The van der Waals surface area contributed by atoms with Gasteiger partial charge in [0.1, 0.15) is 6.04 Å². The fourth-order valence-electron chi connectivity index (χ4n) is 2.29. The molecule has 0 bridgehead atoms. The molecule has 1 atom stereocenters. The summed E-state index contributed by atoms with van der Waals surface area (Å²) >= 11 is 5.80. The van der Waals surface area contributed by atoms with Gasteiger partial charge in [-0.2, -0.15) is 0 Å². The Labute approximate surface area is 165 Å². The number of amides is 1. The largest absolute Gasteiger partial charge is 0.374 e. The molecule has 0 spiro atoms. The van der Waals surface area contributed by atoms with Crippen LogP contribution in [0.15, 0.2) is 53.4 Å². The molecule has 2 rings (SSSR count). The van der Waals surface area contributed by atoms with E-state index in [1.165, 1.54) is 24.3 Å². The smallest absolute Gasteiger partial charge is 0.261 e. The lowest BCUT2D eigenvalue weighted by Crippen LogP contribution is -2.47. The number of carbonyl (C=O) groups is 1. The van der Waals surface area contributed by atoms with Crippen LogP contribution in [0.2, 0.25) is 5.02 Å². The van der Waals surface area contributed by atoms with E-state index in [-0.39, 0.29) is 16.3 Å². The average molecular weight is 410 g/mol. The van der Waals surface area contributed by atoms with Crippen molar-refractivity contribution in [2.45, 2.75) is 44.2 Å². The Morgan fingerprint density at radius 2 is 1.63 bits per heavy atom. The first-order valence-electron chi connectivity index (χ1n) is 8.43. The van der Waals surface area contributed by atoms with Gasteiger partial charge in [-0.15, -0.1) is 0 Å². The van der Waals surface area contributed by atoms with Gasteiger partial charge in [0, 0.05) is 16.2 Å². The number of anilines is 2. The quantitative estimate of drug-likeness (QED) is 0.676. The molecule has 6 nitrogen and oxygen atoms in total. The van der Waals surface area contributed by atoms with Gasteiger partial charge in [0.2, 0.25) is 5.91 Å². The van der Waals surface area contributed by atoms with Crippen molar-refractivity contribution in [1.29, 1.82) is 0 Å². The number of rotatable bonds is 6. The number of sulfonamides is 1. The van der Waals surface area contributed by atoms with Crippen molar-refractivity contribution < 1.29 is 13.2 Å². The first-order valence-corrected chi connectivity index (χ1v) is 10.3. The molecule has 0 fully saturated rings. The highest BCUT2D eigenvalue weighted by Crippen LogP contribution is 2.21. The van der Waals surface area contributed by atoms with E-state index in [0.717, 1.165) is 0 Å². The summed E-state index contributed by atoms with van der Waals surface area (Å²) in [5.41, 5.74) is 0.685. The Bertz CT molecular complexity index is 907. The Kier molecular flexibility index (Phi) is 6.38. The van der Waals surface area contributed by atoms with Crippen LogP contribution in [-0.4, -0.2) is 25.9 Å². The molecule has 1 amide bonds. The third kappa shape index (κ3) is 6.45. The minimum Gasteiger partial charge on any atom is -0.374 e. The molecule has 0 aliphatic heterocycles. The minimum absolute atomic E-state index is 0.114. The van der Waals surface area contributed by atoms with Crippen LogP contribution in [-0.2, 0) is 14.8 Å². The van der Waals surface area contributed by atoms with Crippen molar-refractivity contribution in [3.63, 3.8) is 0 Å². The normalized spacial score (nSPS) is 12.9. The van der Waals surface area contributed by atoms with Crippen LogP contribution in [0.3, 0.4) is 0 Å². The molecule has 2 aromatic carbocycles. The monoisotopic (exact) mass is 409 g/mol. The summed E-state index contributed by atoms with van der Waals surface area (Å²) in [5.74, 6) is -0.144. The number of nitrogens with one attached hydrogen (secondary N) is 3. The maximum Gasteiger partial charge on any atom is 0.261 e. The predicted molar refractivity (Wildman–Crippen MR) is 110 cm³/mol. The van der Waals surface area contributed by atoms with E-state index < -0.39 is 16.1 Å². The van der Waals surface area contributed by atoms with E-state index in [0.29, 0.717) is 16.4 Å². The second kappa shape index (κ2) is 8.19. The highest BCUT2D eigenvalue weighted by molar-refractivity contribution is 7.92. The van der Waals surface area contributed by atoms with Gasteiger partial charge in [0.25, 0.3) is 10.0 Å². The van der Waals surface area contributed by atoms with Gasteiger partial charge in [-0.3, -0.25) is 9.52 Å². The third-order valence-corrected chi connectivity index (χ3v) is 5.16. The van der Waals surface area contributed by atoms with E-state index in [1.807, 2.05) is 20.8 Å². The summed E-state index contributed by atoms with van der Waals surface area (Å²) in [6.45, 7) is 7.46. The lowest BCUT2D eigenvalue weighted by molar-refractivity contribution is -0.122. The summed E-state index contributed by atoms with van der Waals surface area (Å²) in [4.78, 5) is 12.3. The first-order chi connectivity index (χ1) is 12.5. The highest BCUT2D eigenvalue weighted by atomic mass is 35.5. The number of hydrogen-bond acceptors (Lipinski definition) is 4. The van der Waals surface area contributed by atoms with Crippen LogP contribution < -0.4 is 15.4 Å². The number of hydrogen-bond donors (Lipinski definition) is 3. The van der Waals surface area contributed by atoms with Crippen molar-refractivity contribution in [2.24, 2.45) is 0 Å². The molecular formula is C19H24ClN3O3S. The molecule has 3 N–H and O–H groups in total. The molecule has 0 aliphatic rings. The van der Waals surface area contributed by atoms with E-state index in [1.54, 1.807) is 31.2 Å². The zero-order valence-corrected chi connectivity index (χ0v) is 17.3. The van der Waals surface area contributed by atoms with Gasteiger partial charge in [-0.1, -0.05) is 17.7 Å². The standard InChI is InChI=1S/C19H24ClN3O3S/c1-13(18(24)22-19(2,3)4)21-15-6-5-7-16(12-15)23-27(25,26)17-10-8-14(20)9-11-17/h5-13,21,23H,1-4H3,(H,22,24)/t13-/m1/s1. The van der Waals surface area contributed by atoms with Crippen LogP contribution in [0.1, 0.15) is 27.7 Å². The van der Waals surface area contributed by atoms with E-state index in [9.17, 15) is 13.2 Å². The molecule has 0 heterocycles. The third-order valence-electron chi connectivity index (χ3n) is 3.51. The number of halogens is 1. The van der Waals surface area contributed by atoms with Gasteiger partial charge in [0.05, 0.1) is 10.6 Å². The van der Waals surface area contributed by atoms with Crippen LogP contribution in [0.4, 0.5) is 11.4 Å². The van der Waals surface area contributed by atoms with E-state index in [2.05, 4.69) is 15.4 Å². The SMILES string of the molecule is C[C@@H](Nc1cccc(NS(=O)(=O)c2ccc(Cl)cc2)c1)C(=O)NC(C)(C)C. The minimum atomic E-state index is -3.73. The Balaban J connectivity index is 2.11. The Hall–Kier alpha value is -2.25. The fraction of sp³-hybridized carbons (Fsp3) is 0.316. The molecular weight excluding hydrogens is 386 g/mol. The Morgan fingerprint density at radius 1 is 1.04 bits per heavy atom. The second-order valence-electron chi connectivity index (χ2n) is 7.25. The zero-order chi connectivity index (χ0) is 20.2. The zero-order valence-electron chi connectivity index (χ0n) is 15.7. The van der Waals surface area contributed by atoms with Crippen LogP contribution in [0, 0.1) is 0 Å². The van der Waals surface area contributed by atoms with E-state index in [4.69, 9.17) is 11.6 Å². The maximum atomic E-state index is 12.5. The van der Waals surface area contributed by atoms with Gasteiger partial charge in [-0.05, 0) is 70.2 Å². The van der Waals surface area contributed by atoms with Gasteiger partial charge < -0.3 is 10.6 Å². The molecule has 0 saturated heterocycles. The van der Waals surface area contributed by atoms with Crippen LogP contribution in [0.25, 0.3) is 0 Å². The number of benzene rings is 2. The van der Waals surface area contributed by atoms with Crippen molar-refractivity contribution in [1.82, 2.24) is 5.32 Å². The van der Waals surface area contributed by atoms with Gasteiger partial charge in [-0.25, -0.2) is 8.42 Å². The summed E-state index contributed by atoms with van der Waals surface area (Å²) in [6, 6.07) is 12.2. The fourth-order valence-corrected chi connectivity index (χ4v) is 3.47. The van der Waals surface area contributed by atoms with Crippen molar-refractivity contribution in [2.75, 3.05) is 10.0 Å². The lowest BCUT2D eigenvalue weighted by atomic mass is 10.1. The summed E-state index contributed by atoms with van der Waals surface area (Å²) in [5, 5.41) is 6.43. The van der Waals surface area contributed by atoms with Crippen molar-refractivity contribution in [3.05, 3.63) is 53.6 Å². The average Bonchev–Trinajstić information content (AvgIpc) is 2.53. The maximum absolute atomic E-state index is 12.5. The molecule has 146 valence electrons. The summed E-state index contributed by atoms with van der Waals surface area (Å²) < 4.78 is 27.5. The Morgan fingerprint density at radius 3 is 2.22 bits per heavy atom. The highest BCUT2D eigenvalue weighted by Gasteiger charge is 2.19. The molecule has 0 saturated carbocycles. The van der Waals surface area contributed by atoms with E-state index >= 15 is 0 Å². The lowest BCUT2D eigenvalue weighted by Gasteiger charge is -2.24. The van der Waals surface area contributed by atoms with Crippen LogP contribution >= 0.6 is 11.6 Å². The summed E-state index contributed by atoms with van der Waals surface area (Å²) in [6.07, 6.45) is 0. The number of carbonyl (C=O) groups excluding carboxylic acids is 1. The summed E-state index contributed by atoms with van der Waals surface area (Å²) in [7, 11) is -3.73. The van der Waals surface area contributed by atoms with Crippen LogP contribution in [0.5, 0.6) is 0 Å². The molecule has 0 aromatic heterocycles.